The predicted octanol–water partition coefficient (Wildman–Crippen LogP) is 3.16. The van der Waals surface area contributed by atoms with Gasteiger partial charge in [0.2, 0.25) is 15.9 Å². The minimum absolute atomic E-state index is 0.134. The van der Waals surface area contributed by atoms with Crippen LogP contribution in [-0.4, -0.2) is 48.0 Å². The Labute approximate surface area is 175 Å². The second kappa shape index (κ2) is 9.71. The summed E-state index contributed by atoms with van der Waals surface area (Å²) in [7, 11) is -1.04. The lowest BCUT2D eigenvalue weighted by Gasteiger charge is -2.24. The number of amides is 1. The smallest absolute Gasteiger partial charge is 0.245 e. The van der Waals surface area contributed by atoms with E-state index in [9.17, 15) is 13.2 Å². The van der Waals surface area contributed by atoms with Crippen LogP contribution in [-0.2, 0) is 14.8 Å². The molecule has 0 spiro atoms. The minimum atomic E-state index is -3.82. The number of carbonyl (C=O) groups excluding carboxylic acids is 1. The number of rotatable bonds is 9. The van der Waals surface area contributed by atoms with Crippen LogP contribution in [0.2, 0.25) is 5.02 Å². The van der Waals surface area contributed by atoms with Gasteiger partial charge >= 0.3 is 0 Å². The van der Waals surface area contributed by atoms with Crippen molar-refractivity contribution < 1.29 is 27.4 Å². The first-order valence-electron chi connectivity index (χ1n) is 8.61. The van der Waals surface area contributed by atoms with Gasteiger partial charge in [-0.25, -0.2) is 8.42 Å². The number of sulfonamides is 1. The van der Waals surface area contributed by atoms with Crippen LogP contribution in [0.5, 0.6) is 17.2 Å². The molecule has 0 aliphatic carbocycles. The minimum Gasteiger partial charge on any atom is -0.495 e. The van der Waals surface area contributed by atoms with E-state index in [0.717, 1.165) is 10.6 Å². The molecule has 0 aromatic heterocycles. The first kappa shape index (κ1) is 22.6. The molecule has 1 amide bonds. The summed E-state index contributed by atoms with van der Waals surface area (Å²) >= 11 is 6.09. The van der Waals surface area contributed by atoms with E-state index in [-0.39, 0.29) is 22.2 Å². The van der Waals surface area contributed by atoms with Crippen LogP contribution in [0.3, 0.4) is 0 Å². The van der Waals surface area contributed by atoms with Crippen LogP contribution in [0.25, 0.3) is 0 Å². The third-order valence-corrected chi connectivity index (χ3v) is 5.26. The van der Waals surface area contributed by atoms with Crippen molar-refractivity contribution in [3.8, 4) is 17.2 Å². The first-order chi connectivity index (χ1) is 13.7. The molecular weight excluding hydrogens is 420 g/mol. The largest absolute Gasteiger partial charge is 0.495 e. The molecule has 0 heterocycles. The number of nitrogens with one attached hydrogen (secondary N) is 1. The molecule has 2 aromatic rings. The van der Waals surface area contributed by atoms with E-state index in [0.29, 0.717) is 18.0 Å². The van der Waals surface area contributed by atoms with Gasteiger partial charge in [-0.05, 0) is 19.1 Å². The zero-order valence-corrected chi connectivity index (χ0v) is 18.1. The van der Waals surface area contributed by atoms with Gasteiger partial charge in [-0.15, -0.1) is 0 Å². The van der Waals surface area contributed by atoms with Crippen LogP contribution in [0, 0.1) is 0 Å². The summed E-state index contributed by atoms with van der Waals surface area (Å²) in [5.74, 6) is 0.489. The van der Waals surface area contributed by atoms with Crippen molar-refractivity contribution in [2.75, 3.05) is 43.2 Å². The second-order valence-electron chi connectivity index (χ2n) is 5.94. The summed E-state index contributed by atoms with van der Waals surface area (Å²) in [5.41, 5.74) is 0.615. The number of hydrogen-bond acceptors (Lipinski definition) is 6. The standard InChI is InChI=1S/C19H23ClN2O6S/c1-5-28-14-8-6-7-13(9-14)21-19(23)12-22(29(4,24)25)16-11-17(26-2)15(20)10-18(16)27-3/h6-11H,5,12H2,1-4H3,(H,21,23). The number of hydrogen-bond donors (Lipinski definition) is 1. The molecule has 0 aliphatic heterocycles. The molecule has 0 atom stereocenters. The van der Waals surface area contributed by atoms with Gasteiger partial charge in [-0.1, -0.05) is 17.7 Å². The topological polar surface area (TPSA) is 94.2 Å². The molecular formula is C19H23ClN2O6S. The third-order valence-electron chi connectivity index (χ3n) is 3.84. The van der Waals surface area contributed by atoms with E-state index in [2.05, 4.69) is 5.32 Å². The Morgan fingerprint density at radius 2 is 1.83 bits per heavy atom. The van der Waals surface area contributed by atoms with Crippen LogP contribution < -0.4 is 23.8 Å². The third kappa shape index (κ3) is 5.91. The van der Waals surface area contributed by atoms with Crippen molar-refractivity contribution in [1.82, 2.24) is 0 Å². The molecule has 0 bridgehead atoms. The Hall–Kier alpha value is -2.65. The molecule has 2 aromatic carbocycles. The molecule has 0 aliphatic rings. The Balaban J connectivity index is 2.33. The van der Waals surface area contributed by atoms with Gasteiger partial charge in [-0.3, -0.25) is 9.10 Å². The average molecular weight is 443 g/mol. The summed E-state index contributed by atoms with van der Waals surface area (Å²) < 4.78 is 41.6. The Kier molecular flexibility index (Phi) is 7.58. The maximum Gasteiger partial charge on any atom is 0.245 e. The zero-order valence-electron chi connectivity index (χ0n) is 16.6. The fourth-order valence-corrected chi connectivity index (χ4v) is 3.66. The molecule has 8 nitrogen and oxygen atoms in total. The quantitative estimate of drug-likeness (QED) is 0.641. The summed E-state index contributed by atoms with van der Waals surface area (Å²) in [6.07, 6.45) is 0.997. The molecule has 0 saturated carbocycles. The summed E-state index contributed by atoms with van der Waals surface area (Å²) in [5, 5.41) is 2.92. The zero-order chi connectivity index (χ0) is 21.6. The number of carbonyl (C=O) groups is 1. The Morgan fingerprint density at radius 3 is 2.41 bits per heavy atom. The van der Waals surface area contributed by atoms with Gasteiger partial charge in [0.25, 0.3) is 0 Å². The highest BCUT2D eigenvalue weighted by molar-refractivity contribution is 7.92. The lowest BCUT2D eigenvalue weighted by molar-refractivity contribution is -0.114. The van der Waals surface area contributed by atoms with E-state index >= 15 is 0 Å². The van der Waals surface area contributed by atoms with Crippen molar-refractivity contribution in [3.63, 3.8) is 0 Å². The van der Waals surface area contributed by atoms with Gasteiger partial charge in [0, 0.05) is 23.9 Å². The van der Waals surface area contributed by atoms with E-state index < -0.39 is 22.5 Å². The molecule has 0 radical (unpaired) electrons. The Morgan fingerprint density at radius 1 is 1.14 bits per heavy atom. The number of benzene rings is 2. The fourth-order valence-electron chi connectivity index (χ4n) is 2.58. The fraction of sp³-hybridized carbons (Fsp3) is 0.316. The molecule has 0 fully saturated rings. The molecule has 2 rings (SSSR count). The van der Waals surface area contributed by atoms with Crippen molar-refractivity contribution >= 4 is 38.9 Å². The first-order valence-corrected chi connectivity index (χ1v) is 10.8. The highest BCUT2D eigenvalue weighted by Gasteiger charge is 2.25. The summed E-state index contributed by atoms with van der Waals surface area (Å²) in [4.78, 5) is 12.6. The van der Waals surface area contributed by atoms with E-state index in [1.807, 2.05) is 6.92 Å². The van der Waals surface area contributed by atoms with Crippen LogP contribution >= 0.6 is 11.6 Å². The summed E-state index contributed by atoms with van der Waals surface area (Å²) in [6, 6.07) is 9.65. The Bertz CT molecular complexity index is 981. The lowest BCUT2D eigenvalue weighted by atomic mass is 10.2. The SMILES string of the molecule is CCOc1cccc(NC(=O)CN(c2cc(OC)c(Cl)cc2OC)S(C)(=O)=O)c1. The number of methoxy groups -OCH3 is 2. The number of anilines is 2. The van der Waals surface area contributed by atoms with E-state index in [1.54, 1.807) is 24.3 Å². The van der Waals surface area contributed by atoms with Gasteiger partial charge in [-0.2, -0.15) is 0 Å². The van der Waals surface area contributed by atoms with Gasteiger partial charge in [0.1, 0.15) is 23.8 Å². The number of nitrogens with zero attached hydrogens (tertiary/aromatic N) is 1. The van der Waals surface area contributed by atoms with Gasteiger partial charge in [0.05, 0.1) is 37.8 Å². The number of halogens is 1. The van der Waals surface area contributed by atoms with Crippen molar-refractivity contribution in [2.24, 2.45) is 0 Å². The average Bonchev–Trinajstić information content (AvgIpc) is 2.65. The number of ether oxygens (including phenoxy) is 3. The summed E-state index contributed by atoms with van der Waals surface area (Å²) in [6.45, 7) is 1.86. The highest BCUT2D eigenvalue weighted by atomic mass is 35.5. The highest BCUT2D eigenvalue weighted by Crippen LogP contribution is 2.39. The van der Waals surface area contributed by atoms with Crippen LogP contribution in [0.15, 0.2) is 36.4 Å². The molecule has 29 heavy (non-hydrogen) atoms. The van der Waals surface area contributed by atoms with Gasteiger partial charge in [0.15, 0.2) is 0 Å². The lowest BCUT2D eigenvalue weighted by Crippen LogP contribution is -2.37. The molecule has 1 N–H and O–H groups in total. The van der Waals surface area contributed by atoms with Gasteiger partial charge < -0.3 is 19.5 Å². The molecule has 158 valence electrons. The van der Waals surface area contributed by atoms with Crippen LogP contribution in [0.1, 0.15) is 6.92 Å². The van der Waals surface area contributed by atoms with Crippen molar-refractivity contribution in [1.29, 1.82) is 0 Å². The van der Waals surface area contributed by atoms with E-state index in [1.165, 1.54) is 26.4 Å². The normalized spacial score (nSPS) is 10.9. The van der Waals surface area contributed by atoms with Crippen LogP contribution in [0.4, 0.5) is 11.4 Å². The maximum atomic E-state index is 12.6. The molecule has 10 heteroatoms. The van der Waals surface area contributed by atoms with E-state index in [4.69, 9.17) is 25.8 Å². The van der Waals surface area contributed by atoms with Crippen molar-refractivity contribution in [2.45, 2.75) is 6.92 Å². The predicted molar refractivity (Wildman–Crippen MR) is 113 cm³/mol. The van der Waals surface area contributed by atoms with Crippen molar-refractivity contribution in [3.05, 3.63) is 41.4 Å². The molecule has 0 unspecified atom stereocenters. The molecule has 0 saturated heterocycles. The maximum absolute atomic E-state index is 12.6. The second-order valence-corrected chi connectivity index (χ2v) is 8.25. The monoisotopic (exact) mass is 442 g/mol.